The lowest BCUT2D eigenvalue weighted by Crippen LogP contribution is -2.10. The van der Waals surface area contributed by atoms with E-state index in [1.165, 1.54) is 18.5 Å². The molecule has 1 heterocycles. The van der Waals surface area contributed by atoms with Crippen LogP contribution in [-0.4, -0.2) is 19.7 Å². The van der Waals surface area contributed by atoms with Crippen LogP contribution in [-0.2, 0) is 17.5 Å². The van der Waals surface area contributed by atoms with Gasteiger partial charge in [0.2, 0.25) is 0 Å². The van der Waals surface area contributed by atoms with Gasteiger partial charge in [-0.2, -0.15) is 3.95 Å². The average molecular weight is 264 g/mol. The first-order valence-electron chi connectivity index (χ1n) is 3.85. The van der Waals surface area contributed by atoms with Crippen molar-refractivity contribution >= 4 is 34.2 Å². The second-order valence-corrected chi connectivity index (χ2v) is 4.74. The molecule has 0 fully saturated rings. The fourth-order valence-corrected chi connectivity index (χ4v) is 1.75. The molecule has 4 nitrogen and oxygen atoms in total. The van der Waals surface area contributed by atoms with Gasteiger partial charge in [0.1, 0.15) is 11.7 Å². The maximum atomic E-state index is 11.1. The van der Waals surface area contributed by atoms with Crippen molar-refractivity contribution in [3.63, 3.8) is 0 Å². The Morgan fingerprint density at radius 3 is 2.80 bits per heavy atom. The minimum absolute atomic E-state index is 0.155. The van der Waals surface area contributed by atoms with Crippen molar-refractivity contribution < 1.29 is 8.50 Å². The highest BCUT2D eigenvalue weighted by molar-refractivity contribution is 7.78. The van der Waals surface area contributed by atoms with Crippen molar-refractivity contribution in [3.05, 3.63) is 28.0 Å². The van der Waals surface area contributed by atoms with Crippen LogP contribution in [0.1, 0.15) is 5.56 Å². The van der Waals surface area contributed by atoms with E-state index in [1.54, 1.807) is 6.19 Å². The summed E-state index contributed by atoms with van der Waals surface area (Å²) in [6, 6.07) is 1.48. The highest BCUT2D eigenvalue weighted by Crippen LogP contribution is 2.19. The summed E-state index contributed by atoms with van der Waals surface area (Å²) in [4.78, 5) is 3.83. The van der Waals surface area contributed by atoms with Crippen LogP contribution in [0.4, 0.5) is 0 Å². The minimum Gasteiger partial charge on any atom is -0.772 e. The van der Waals surface area contributed by atoms with E-state index in [9.17, 15) is 4.55 Å². The molecule has 1 aromatic rings. The standard InChI is InChI=1S/C8H7Cl2N3OS/c1-15(14)13(5-11)4-6-3-12-8(10)2-7(6)9/h2-3H,4H2,1H3. The summed E-state index contributed by atoms with van der Waals surface area (Å²) in [5, 5.41) is 9.38. The zero-order chi connectivity index (χ0) is 11.4. The summed E-state index contributed by atoms with van der Waals surface area (Å²) in [6.07, 6.45) is 4.68. The maximum Gasteiger partial charge on any atom is 0.464 e. The highest BCUT2D eigenvalue weighted by atomic mass is 35.5. The van der Waals surface area contributed by atoms with E-state index in [0.29, 0.717) is 10.6 Å². The second-order valence-electron chi connectivity index (χ2n) is 2.66. The maximum absolute atomic E-state index is 11.1. The minimum atomic E-state index is -1.36. The monoisotopic (exact) mass is 263 g/mol. The number of hydrogen-bond donors (Lipinski definition) is 0. The van der Waals surface area contributed by atoms with Crippen molar-refractivity contribution in [2.45, 2.75) is 6.54 Å². The Balaban J connectivity index is 3.01. The van der Waals surface area contributed by atoms with Gasteiger partial charge in [0.05, 0.1) is 5.02 Å². The van der Waals surface area contributed by atoms with Gasteiger partial charge in [0.15, 0.2) is 5.26 Å². The molecule has 0 amide bonds. The molecular formula is C8H7Cl2N3OS. The summed E-state index contributed by atoms with van der Waals surface area (Å²) in [5.41, 5.74) is 0.609. The van der Waals surface area contributed by atoms with Crippen molar-refractivity contribution in [1.82, 2.24) is 4.98 Å². The zero-order valence-corrected chi connectivity index (χ0v) is 10.1. The molecule has 0 saturated heterocycles. The lowest BCUT2D eigenvalue weighted by molar-refractivity contribution is -0.433. The Labute approximate surface area is 100.0 Å². The number of pyridine rings is 1. The Kier molecular flexibility index (Phi) is 4.48. The quantitative estimate of drug-likeness (QED) is 0.355. The van der Waals surface area contributed by atoms with E-state index in [4.69, 9.17) is 28.5 Å². The largest absolute Gasteiger partial charge is 0.772 e. The van der Waals surface area contributed by atoms with E-state index >= 15 is 0 Å². The number of nitriles is 1. The normalized spacial score (nSPS) is 13.1. The summed E-state index contributed by atoms with van der Waals surface area (Å²) < 4.78 is 12.2. The average Bonchev–Trinajstić information content (AvgIpc) is 2.16. The van der Waals surface area contributed by atoms with Gasteiger partial charge in [-0.15, -0.1) is 11.0 Å². The molecule has 80 valence electrons. The third kappa shape index (κ3) is 3.43. The number of aromatic nitrogens is 1. The van der Waals surface area contributed by atoms with E-state index < -0.39 is 11.0 Å². The summed E-state index contributed by atoms with van der Waals surface area (Å²) in [6.45, 7) is 0.155. The van der Waals surface area contributed by atoms with Crippen LogP contribution in [0.5, 0.6) is 0 Å². The third-order valence-electron chi connectivity index (χ3n) is 1.63. The predicted molar refractivity (Wildman–Crippen MR) is 57.9 cm³/mol. The second kappa shape index (κ2) is 5.42. The molecule has 1 aromatic heterocycles. The molecule has 1 atom stereocenters. The molecule has 1 unspecified atom stereocenters. The Morgan fingerprint density at radius 1 is 1.67 bits per heavy atom. The van der Waals surface area contributed by atoms with Gasteiger partial charge in [-0.1, -0.05) is 23.2 Å². The zero-order valence-electron chi connectivity index (χ0n) is 7.78. The van der Waals surface area contributed by atoms with E-state index in [-0.39, 0.29) is 11.7 Å². The van der Waals surface area contributed by atoms with Crippen LogP contribution in [0.2, 0.25) is 10.2 Å². The number of hydrogen-bond acceptors (Lipinski definition) is 3. The molecule has 0 radical (unpaired) electrons. The van der Waals surface area contributed by atoms with Gasteiger partial charge >= 0.3 is 6.19 Å². The first kappa shape index (κ1) is 12.4. The smallest absolute Gasteiger partial charge is 0.464 e. The molecule has 15 heavy (non-hydrogen) atoms. The fourth-order valence-electron chi connectivity index (χ4n) is 0.891. The van der Waals surface area contributed by atoms with Crippen LogP contribution >= 0.6 is 23.2 Å². The molecule has 0 bridgehead atoms. The topological polar surface area (TPSA) is 62.8 Å². The summed E-state index contributed by atoms with van der Waals surface area (Å²) >= 11 is 11.5. The van der Waals surface area contributed by atoms with Crippen LogP contribution < -0.4 is 0 Å². The van der Waals surface area contributed by atoms with Gasteiger partial charge in [0, 0.05) is 11.8 Å². The number of rotatable bonds is 2. The SMILES string of the molecule is CS([O-])=[N+](C#N)Cc1cnc(Cl)cc1Cl. The number of halogens is 2. The molecule has 0 spiro atoms. The molecule has 0 saturated carbocycles. The number of nitrogens with zero attached hydrogens (tertiary/aromatic N) is 3. The molecular weight excluding hydrogens is 257 g/mol. The van der Waals surface area contributed by atoms with E-state index in [2.05, 4.69) is 4.98 Å². The molecule has 0 aliphatic carbocycles. The van der Waals surface area contributed by atoms with E-state index in [0.717, 1.165) is 3.95 Å². The first-order chi connectivity index (χ1) is 7.04. The van der Waals surface area contributed by atoms with Crippen LogP contribution in [0.25, 0.3) is 0 Å². The van der Waals surface area contributed by atoms with Gasteiger partial charge in [0.25, 0.3) is 0 Å². The molecule has 0 N–H and O–H groups in total. The third-order valence-corrected chi connectivity index (χ3v) is 3.02. The lowest BCUT2D eigenvalue weighted by Gasteiger charge is -2.07. The van der Waals surface area contributed by atoms with Crippen molar-refractivity contribution in [1.29, 1.82) is 5.26 Å². The van der Waals surface area contributed by atoms with Crippen LogP contribution in [0.3, 0.4) is 0 Å². The Morgan fingerprint density at radius 2 is 2.33 bits per heavy atom. The molecule has 0 aromatic carbocycles. The van der Waals surface area contributed by atoms with Crippen LogP contribution in [0, 0.1) is 11.5 Å². The highest BCUT2D eigenvalue weighted by Gasteiger charge is 2.07. The van der Waals surface area contributed by atoms with Gasteiger partial charge in [-0.3, -0.25) is 0 Å². The Bertz CT molecular complexity index is 452. The predicted octanol–water partition coefficient (Wildman–Crippen LogP) is 1.94. The lowest BCUT2D eigenvalue weighted by atomic mass is 10.3. The van der Waals surface area contributed by atoms with Gasteiger partial charge < -0.3 is 4.55 Å². The van der Waals surface area contributed by atoms with E-state index in [1.807, 2.05) is 0 Å². The van der Waals surface area contributed by atoms with Gasteiger partial charge in [-0.25, -0.2) is 4.98 Å². The van der Waals surface area contributed by atoms with Gasteiger partial charge in [-0.05, 0) is 12.3 Å². The fraction of sp³-hybridized carbons (Fsp3) is 0.250. The van der Waals surface area contributed by atoms with Crippen molar-refractivity contribution in [2.75, 3.05) is 6.26 Å². The molecule has 7 heteroatoms. The molecule has 1 rings (SSSR count). The Hall–Kier alpha value is -0.670. The van der Waals surface area contributed by atoms with Crippen molar-refractivity contribution in [2.24, 2.45) is 0 Å². The van der Waals surface area contributed by atoms with Crippen molar-refractivity contribution in [3.8, 4) is 6.19 Å². The van der Waals surface area contributed by atoms with Crippen LogP contribution in [0.15, 0.2) is 12.3 Å². The summed E-state index contributed by atoms with van der Waals surface area (Å²) in [7, 11) is -1.36. The molecule has 0 aliphatic rings. The molecule has 0 aliphatic heterocycles. The first-order valence-corrected chi connectivity index (χ1v) is 6.12. The summed E-state index contributed by atoms with van der Waals surface area (Å²) in [5.74, 6) is 0.